The lowest BCUT2D eigenvalue weighted by atomic mass is 10.0. The van der Waals surface area contributed by atoms with Crippen molar-refractivity contribution in [2.45, 2.75) is 19.8 Å². The van der Waals surface area contributed by atoms with Gasteiger partial charge in [-0.1, -0.05) is 6.92 Å². The lowest BCUT2D eigenvalue weighted by Gasteiger charge is -2.06. The molecule has 3 heteroatoms. The second kappa shape index (κ2) is 4.80. The molecule has 0 N–H and O–H groups in total. The van der Waals surface area contributed by atoms with Crippen LogP contribution in [0.5, 0.6) is 0 Å². The van der Waals surface area contributed by atoms with Crippen molar-refractivity contribution >= 4 is 5.97 Å². The number of methoxy groups -OCH3 is 1. The first-order valence-corrected chi connectivity index (χ1v) is 3.21. The van der Waals surface area contributed by atoms with Gasteiger partial charge in [0, 0.05) is 6.42 Å². The third kappa shape index (κ3) is 2.49. The fourth-order valence-corrected chi connectivity index (χ4v) is 0.671. The quantitative estimate of drug-likeness (QED) is 0.553. The van der Waals surface area contributed by atoms with Crippen LogP contribution in [0.2, 0.25) is 0 Å². The molecule has 0 saturated carbocycles. The van der Waals surface area contributed by atoms with Gasteiger partial charge >= 0.3 is 5.97 Å². The van der Waals surface area contributed by atoms with Crippen LogP contribution in [0.15, 0.2) is 0 Å². The average Bonchev–Trinajstić information content (AvgIpc) is 1.99. The first kappa shape index (κ1) is 8.96. The van der Waals surface area contributed by atoms with E-state index in [9.17, 15) is 4.79 Å². The van der Waals surface area contributed by atoms with Crippen LogP contribution < -0.4 is 0 Å². The molecule has 0 saturated heterocycles. The van der Waals surface area contributed by atoms with Gasteiger partial charge in [0.15, 0.2) is 0 Å². The van der Waals surface area contributed by atoms with Gasteiger partial charge in [0.2, 0.25) is 0 Å². The molecule has 0 bridgehead atoms. The van der Waals surface area contributed by atoms with Crippen molar-refractivity contribution in [2.24, 2.45) is 5.92 Å². The fraction of sp³-hybridized carbons (Fsp3) is 0.714. The van der Waals surface area contributed by atoms with E-state index in [1.165, 1.54) is 7.11 Å². The van der Waals surface area contributed by atoms with E-state index >= 15 is 0 Å². The molecule has 0 amide bonds. The van der Waals surface area contributed by atoms with E-state index in [-0.39, 0.29) is 18.3 Å². The van der Waals surface area contributed by atoms with E-state index in [1.807, 2.05) is 13.0 Å². The number of esters is 1. The number of hydrogen-bond acceptors (Lipinski definition) is 3. The number of nitrogens with zero attached hydrogens (tertiary/aromatic N) is 1. The zero-order valence-electron chi connectivity index (χ0n) is 6.26. The average molecular weight is 141 g/mol. The fourth-order valence-electron chi connectivity index (χ4n) is 0.671. The van der Waals surface area contributed by atoms with Gasteiger partial charge in [-0.15, -0.1) is 0 Å². The summed E-state index contributed by atoms with van der Waals surface area (Å²) in [6.45, 7) is 1.86. The molecule has 0 spiro atoms. The van der Waals surface area contributed by atoms with E-state index in [1.54, 1.807) is 0 Å². The molecular weight excluding hydrogens is 130 g/mol. The Kier molecular flexibility index (Phi) is 4.30. The Hall–Kier alpha value is -1.04. The highest BCUT2D eigenvalue weighted by Crippen LogP contribution is 2.08. The van der Waals surface area contributed by atoms with Crippen molar-refractivity contribution in [3.8, 4) is 6.07 Å². The Bertz CT molecular complexity index is 148. The van der Waals surface area contributed by atoms with E-state index in [2.05, 4.69) is 4.74 Å². The summed E-state index contributed by atoms with van der Waals surface area (Å²) in [7, 11) is 1.34. The van der Waals surface area contributed by atoms with E-state index in [4.69, 9.17) is 5.26 Å². The van der Waals surface area contributed by atoms with Crippen LogP contribution in [0.4, 0.5) is 0 Å². The molecule has 1 unspecified atom stereocenters. The van der Waals surface area contributed by atoms with E-state index < -0.39 is 0 Å². The molecule has 10 heavy (non-hydrogen) atoms. The Morgan fingerprint density at radius 2 is 2.40 bits per heavy atom. The van der Waals surface area contributed by atoms with Gasteiger partial charge in [0.05, 0.1) is 19.1 Å². The van der Waals surface area contributed by atoms with Gasteiger partial charge in [-0.25, -0.2) is 0 Å². The second-order valence-corrected chi connectivity index (χ2v) is 1.99. The number of ether oxygens (including phenoxy) is 1. The second-order valence-electron chi connectivity index (χ2n) is 1.99. The van der Waals surface area contributed by atoms with Crippen molar-refractivity contribution in [2.75, 3.05) is 7.11 Å². The van der Waals surface area contributed by atoms with Crippen molar-refractivity contribution in [1.82, 2.24) is 0 Å². The van der Waals surface area contributed by atoms with Gasteiger partial charge in [-0.05, 0) is 6.42 Å². The van der Waals surface area contributed by atoms with Gasteiger partial charge in [-0.2, -0.15) is 5.26 Å². The molecule has 0 aliphatic carbocycles. The number of hydrogen-bond donors (Lipinski definition) is 0. The summed E-state index contributed by atoms with van der Waals surface area (Å²) < 4.78 is 4.47. The van der Waals surface area contributed by atoms with E-state index in [0.29, 0.717) is 6.42 Å². The standard InChI is InChI=1S/C7H11NO2/c1-3-6(4-5-8)7(9)10-2/h6H,3-4H2,1-2H3. The van der Waals surface area contributed by atoms with Crippen molar-refractivity contribution in [1.29, 1.82) is 5.26 Å². The first-order valence-electron chi connectivity index (χ1n) is 3.21. The minimum absolute atomic E-state index is 0.241. The smallest absolute Gasteiger partial charge is 0.309 e. The third-order valence-corrected chi connectivity index (χ3v) is 1.37. The number of rotatable bonds is 3. The molecule has 0 aromatic carbocycles. The largest absolute Gasteiger partial charge is 0.469 e. The third-order valence-electron chi connectivity index (χ3n) is 1.37. The molecule has 0 fully saturated rings. The van der Waals surface area contributed by atoms with E-state index in [0.717, 1.165) is 0 Å². The summed E-state index contributed by atoms with van der Waals surface area (Å²) >= 11 is 0. The molecule has 0 heterocycles. The monoisotopic (exact) mass is 141 g/mol. The van der Waals surface area contributed by atoms with Crippen LogP contribution in [0.25, 0.3) is 0 Å². The number of carbonyl (C=O) groups excluding carboxylic acids is 1. The lowest BCUT2D eigenvalue weighted by Crippen LogP contribution is -2.14. The molecule has 0 rings (SSSR count). The predicted molar refractivity (Wildman–Crippen MR) is 36.0 cm³/mol. The molecule has 0 aromatic heterocycles. The molecule has 3 nitrogen and oxygen atoms in total. The maximum absolute atomic E-state index is 10.8. The molecule has 0 aliphatic rings. The Labute approximate surface area is 60.6 Å². The van der Waals surface area contributed by atoms with Crippen molar-refractivity contribution in [3.63, 3.8) is 0 Å². The number of carbonyl (C=O) groups is 1. The summed E-state index contributed by atoms with van der Waals surface area (Å²) in [4.78, 5) is 10.8. The Morgan fingerprint density at radius 1 is 1.80 bits per heavy atom. The number of nitriles is 1. The Morgan fingerprint density at radius 3 is 2.70 bits per heavy atom. The van der Waals surface area contributed by atoms with Crippen LogP contribution in [-0.2, 0) is 9.53 Å². The lowest BCUT2D eigenvalue weighted by molar-refractivity contribution is -0.145. The minimum Gasteiger partial charge on any atom is -0.469 e. The summed E-state index contributed by atoms with van der Waals surface area (Å²) in [6.07, 6.45) is 0.920. The summed E-state index contributed by atoms with van der Waals surface area (Å²) in [5, 5.41) is 8.25. The highest BCUT2D eigenvalue weighted by atomic mass is 16.5. The maximum atomic E-state index is 10.8. The SMILES string of the molecule is CCC(CC#N)C(=O)OC. The topological polar surface area (TPSA) is 50.1 Å². The molecule has 0 aliphatic heterocycles. The zero-order chi connectivity index (χ0) is 7.98. The highest BCUT2D eigenvalue weighted by molar-refractivity contribution is 5.72. The van der Waals surface area contributed by atoms with Gasteiger partial charge < -0.3 is 4.74 Å². The Balaban J connectivity index is 3.83. The van der Waals surface area contributed by atoms with Crippen molar-refractivity contribution in [3.05, 3.63) is 0 Å². The molecule has 1 atom stereocenters. The van der Waals surface area contributed by atoms with Crippen LogP contribution in [0.3, 0.4) is 0 Å². The van der Waals surface area contributed by atoms with Crippen LogP contribution in [-0.4, -0.2) is 13.1 Å². The molecule has 56 valence electrons. The van der Waals surface area contributed by atoms with Crippen molar-refractivity contribution < 1.29 is 9.53 Å². The summed E-state index contributed by atoms with van der Waals surface area (Å²) in [5.74, 6) is -0.529. The van der Waals surface area contributed by atoms with Crippen LogP contribution in [0.1, 0.15) is 19.8 Å². The molecular formula is C7H11NO2. The highest BCUT2D eigenvalue weighted by Gasteiger charge is 2.15. The van der Waals surface area contributed by atoms with Gasteiger partial charge in [-0.3, -0.25) is 4.79 Å². The molecule has 0 radical (unpaired) electrons. The summed E-state index contributed by atoms with van der Waals surface area (Å²) in [6, 6.07) is 1.93. The van der Waals surface area contributed by atoms with Crippen LogP contribution in [0, 0.1) is 17.2 Å². The zero-order valence-corrected chi connectivity index (χ0v) is 6.26. The normalized spacial score (nSPS) is 11.7. The van der Waals surface area contributed by atoms with Crippen LogP contribution >= 0.6 is 0 Å². The maximum Gasteiger partial charge on any atom is 0.309 e. The molecule has 0 aromatic rings. The summed E-state index contributed by atoms with van der Waals surface area (Å²) in [5.41, 5.74) is 0. The predicted octanol–water partition coefficient (Wildman–Crippen LogP) is 1.10. The van der Waals surface area contributed by atoms with Gasteiger partial charge in [0.25, 0.3) is 0 Å². The minimum atomic E-state index is -0.288. The van der Waals surface area contributed by atoms with Gasteiger partial charge in [0.1, 0.15) is 0 Å². The first-order chi connectivity index (χ1) is 4.76.